The van der Waals surface area contributed by atoms with Crippen molar-refractivity contribution in [3.05, 3.63) is 59.2 Å². The number of carbonyl (C=O) groups is 1. The molecule has 0 bridgehead atoms. The summed E-state index contributed by atoms with van der Waals surface area (Å²) in [6.45, 7) is 5.32. The Kier molecular flexibility index (Phi) is 5.49. The quantitative estimate of drug-likeness (QED) is 0.773. The molecule has 2 aliphatic heterocycles. The fourth-order valence-corrected chi connectivity index (χ4v) is 6.23. The Bertz CT molecular complexity index is 1020. The van der Waals surface area contributed by atoms with Gasteiger partial charge in [0.1, 0.15) is 0 Å². The molecule has 0 atom stereocenters. The van der Waals surface area contributed by atoms with Gasteiger partial charge in [0.15, 0.2) is 0 Å². The van der Waals surface area contributed by atoms with E-state index >= 15 is 0 Å². The van der Waals surface area contributed by atoms with Crippen molar-refractivity contribution in [2.75, 3.05) is 24.5 Å². The van der Waals surface area contributed by atoms with Gasteiger partial charge in [-0.15, -0.1) is 0 Å². The molecular weight excluding hydrogens is 384 g/mol. The Morgan fingerprint density at radius 1 is 1.00 bits per heavy atom. The van der Waals surface area contributed by atoms with E-state index in [1.54, 1.807) is 10.4 Å². The maximum atomic E-state index is 13.2. The molecule has 2 aliphatic rings. The van der Waals surface area contributed by atoms with Crippen molar-refractivity contribution < 1.29 is 13.2 Å². The Morgan fingerprint density at radius 2 is 1.72 bits per heavy atom. The fraction of sp³-hybridized carbons (Fsp3) is 0.435. The highest BCUT2D eigenvalue weighted by Gasteiger charge is 2.35. The molecule has 0 unspecified atom stereocenters. The molecule has 154 valence electrons. The molecule has 5 nitrogen and oxygen atoms in total. The standard InChI is InChI=1S/C23H28N2O3S/c1-17-9-10-22(18(2)16-17)29(27,28)24-14-11-20(12-15-24)23(26)25-13-5-7-19-6-3-4-8-21(19)25/h3-4,6,8-10,16,20H,5,7,11-15H2,1-2H3. The summed E-state index contributed by atoms with van der Waals surface area (Å²) in [4.78, 5) is 15.5. The minimum absolute atomic E-state index is 0.119. The minimum Gasteiger partial charge on any atom is -0.312 e. The molecule has 0 aliphatic carbocycles. The zero-order valence-electron chi connectivity index (χ0n) is 17.1. The maximum Gasteiger partial charge on any atom is 0.243 e. The van der Waals surface area contributed by atoms with Gasteiger partial charge < -0.3 is 4.90 Å². The summed E-state index contributed by atoms with van der Waals surface area (Å²) in [5, 5.41) is 0. The number of sulfonamides is 1. The van der Waals surface area contributed by atoms with E-state index < -0.39 is 10.0 Å². The number of rotatable bonds is 3. The molecule has 0 spiro atoms. The Hall–Kier alpha value is -2.18. The summed E-state index contributed by atoms with van der Waals surface area (Å²) in [5.41, 5.74) is 4.07. The van der Waals surface area contributed by atoms with Crippen LogP contribution in [0.4, 0.5) is 5.69 Å². The summed E-state index contributed by atoms with van der Waals surface area (Å²) >= 11 is 0. The highest BCUT2D eigenvalue weighted by molar-refractivity contribution is 7.89. The minimum atomic E-state index is -3.52. The highest BCUT2D eigenvalue weighted by Crippen LogP contribution is 2.31. The molecular formula is C23H28N2O3S. The summed E-state index contributed by atoms with van der Waals surface area (Å²) < 4.78 is 27.7. The second-order valence-corrected chi connectivity index (χ2v) is 10.1. The number of amides is 1. The number of nitrogens with zero attached hydrogens (tertiary/aromatic N) is 2. The number of hydrogen-bond acceptors (Lipinski definition) is 3. The smallest absolute Gasteiger partial charge is 0.243 e. The average Bonchev–Trinajstić information content (AvgIpc) is 2.72. The van der Waals surface area contributed by atoms with Gasteiger partial charge in [-0.05, 0) is 62.8 Å². The Balaban J connectivity index is 1.46. The van der Waals surface area contributed by atoms with Crippen LogP contribution >= 0.6 is 0 Å². The second kappa shape index (κ2) is 7.92. The van der Waals surface area contributed by atoms with Crippen molar-refractivity contribution in [1.29, 1.82) is 0 Å². The molecule has 2 heterocycles. The molecule has 1 saturated heterocycles. The van der Waals surface area contributed by atoms with Crippen LogP contribution in [0.1, 0.15) is 36.0 Å². The molecule has 6 heteroatoms. The SMILES string of the molecule is Cc1ccc(S(=O)(=O)N2CCC(C(=O)N3CCCc4ccccc43)CC2)c(C)c1. The number of piperidine rings is 1. The predicted molar refractivity (Wildman–Crippen MR) is 115 cm³/mol. The zero-order chi connectivity index (χ0) is 20.6. The van der Waals surface area contributed by atoms with Crippen molar-refractivity contribution in [1.82, 2.24) is 4.31 Å². The van der Waals surface area contributed by atoms with Gasteiger partial charge >= 0.3 is 0 Å². The van der Waals surface area contributed by atoms with E-state index in [4.69, 9.17) is 0 Å². The van der Waals surface area contributed by atoms with Gasteiger partial charge in [-0.1, -0.05) is 35.9 Å². The van der Waals surface area contributed by atoms with Crippen LogP contribution in [-0.2, 0) is 21.2 Å². The van der Waals surface area contributed by atoms with Crippen molar-refractivity contribution >= 4 is 21.6 Å². The van der Waals surface area contributed by atoms with Crippen molar-refractivity contribution in [2.45, 2.75) is 44.4 Å². The third-order valence-electron chi connectivity index (χ3n) is 6.13. The molecule has 0 radical (unpaired) electrons. The maximum absolute atomic E-state index is 13.2. The Labute approximate surface area is 173 Å². The van der Waals surface area contributed by atoms with Crippen LogP contribution in [0.25, 0.3) is 0 Å². The van der Waals surface area contributed by atoms with Crippen LogP contribution in [0.15, 0.2) is 47.4 Å². The van der Waals surface area contributed by atoms with Gasteiger partial charge in [0.25, 0.3) is 0 Å². The van der Waals surface area contributed by atoms with Crippen LogP contribution in [0.3, 0.4) is 0 Å². The fourth-order valence-electron chi connectivity index (χ4n) is 4.55. The van der Waals surface area contributed by atoms with Gasteiger partial charge in [-0.25, -0.2) is 8.42 Å². The molecule has 1 fully saturated rings. The van der Waals surface area contributed by atoms with Gasteiger partial charge in [0, 0.05) is 31.2 Å². The van der Waals surface area contributed by atoms with Gasteiger partial charge in [0.2, 0.25) is 15.9 Å². The molecule has 2 aromatic rings. The van der Waals surface area contributed by atoms with Crippen LogP contribution < -0.4 is 4.90 Å². The van der Waals surface area contributed by atoms with E-state index in [9.17, 15) is 13.2 Å². The summed E-state index contributed by atoms with van der Waals surface area (Å²) in [5.74, 6) is 0.0208. The number of benzene rings is 2. The number of carbonyl (C=O) groups excluding carboxylic acids is 1. The Morgan fingerprint density at radius 3 is 2.45 bits per heavy atom. The summed E-state index contributed by atoms with van der Waals surface area (Å²) in [6.07, 6.45) is 3.12. The monoisotopic (exact) mass is 412 g/mol. The van der Waals surface area contributed by atoms with Crippen molar-refractivity contribution in [2.24, 2.45) is 5.92 Å². The number of anilines is 1. The van der Waals surface area contributed by atoms with Gasteiger partial charge in [-0.3, -0.25) is 4.79 Å². The van der Waals surface area contributed by atoms with Gasteiger partial charge in [-0.2, -0.15) is 4.31 Å². The number of hydrogen-bond donors (Lipinski definition) is 0. The first kappa shape index (κ1) is 20.1. The molecule has 2 aromatic carbocycles. The van der Waals surface area contributed by atoms with Gasteiger partial charge in [0.05, 0.1) is 4.90 Å². The molecule has 29 heavy (non-hydrogen) atoms. The largest absolute Gasteiger partial charge is 0.312 e. The lowest BCUT2D eigenvalue weighted by atomic mass is 9.94. The lowest BCUT2D eigenvalue weighted by molar-refractivity contribution is -0.123. The highest BCUT2D eigenvalue weighted by atomic mass is 32.2. The predicted octanol–water partition coefficient (Wildman–Crippen LogP) is 3.68. The van der Waals surface area contributed by atoms with E-state index in [2.05, 4.69) is 6.07 Å². The van der Waals surface area contributed by atoms with Crippen LogP contribution in [-0.4, -0.2) is 38.3 Å². The first-order valence-corrected chi connectivity index (χ1v) is 11.8. The van der Waals surface area contributed by atoms with E-state index in [0.29, 0.717) is 30.8 Å². The molecule has 0 N–H and O–H groups in total. The van der Waals surface area contributed by atoms with Crippen molar-refractivity contribution in [3.8, 4) is 0 Å². The van der Waals surface area contributed by atoms with Crippen molar-refractivity contribution in [3.63, 3.8) is 0 Å². The zero-order valence-corrected chi connectivity index (χ0v) is 17.9. The topological polar surface area (TPSA) is 57.7 Å². The average molecular weight is 413 g/mol. The molecule has 0 saturated carbocycles. The first-order chi connectivity index (χ1) is 13.9. The molecule has 1 amide bonds. The normalized spacial score (nSPS) is 18.5. The lowest BCUT2D eigenvalue weighted by Gasteiger charge is -2.36. The van der Waals surface area contributed by atoms with E-state index in [-0.39, 0.29) is 11.8 Å². The van der Waals surface area contributed by atoms with E-state index in [1.807, 2.05) is 49.1 Å². The number of fused-ring (bicyclic) bond motifs is 1. The van der Waals surface area contributed by atoms with E-state index in [1.165, 1.54) is 5.56 Å². The molecule has 0 aromatic heterocycles. The molecule has 4 rings (SSSR count). The number of para-hydroxylation sites is 1. The van der Waals surface area contributed by atoms with Crippen LogP contribution in [0.2, 0.25) is 0 Å². The summed E-state index contributed by atoms with van der Waals surface area (Å²) in [7, 11) is -3.52. The first-order valence-electron chi connectivity index (χ1n) is 10.3. The second-order valence-electron chi connectivity index (χ2n) is 8.17. The summed E-state index contributed by atoms with van der Waals surface area (Å²) in [6, 6.07) is 13.5. The van der Waals surface area contributed by atoms with Crippen LogP contribution in [0.5, 0.6) is 0 Å². The number of aryl methyl sites for hydroxylation is 3. The van der Waals surface area contributed by atoms with E-state index in [0.717, 1.165) is 36.2 Å². The lowest BCUT2D eigenvalue weighted by Crippen LogP contribution is -2.45. The van der Waals surface area contributed by atoms with Crippen LogP contribution in [0, 0.1) is 19.8 Å². The third kappa shape index (κ3) is 3.83. The third-order valence-corrected chi connectivity index (χ3v) is 8.19.